The van der Waals surface area contributed by atoms with E-state index < -0.39 is 30.3 Å². The highest BCUT2D eigenvalue weighted by Crippen LogP contribution is 2.26. The summed E-state index contributed by atoms with van der Waals surface area (Å²) in [6.45, 7) is 3.54. The average molecular weight is 421 g/mol. The first-order valence-electron chi connectivity index (χ1n) is 10.1. The number of esters is 1. The van der Waals surface area contributed by atoms with Gasteiger partial charge in [0.2, 0.25) is 0 Å². The molecule has 1 N–H and O–H groups in total. The number of nitrogens with one attached hydrogen (secondary N) is 1. The molecule has 0 atom stereocenters. The molecule has 0 aromatic heterocycles. The molecular weight excluding hydrogens is 398 g/mol. The predicted octanol–water partition coefficient (Wildman–Crippen LogP) is 2.62. The number of aryl methyl sites for hydroxylation is 1. The lowest BCUT2D eigenvalue weighted by Gasteiger charge is -2.19. The van der Waals surface area contributed by atoms with E-state index in [-0.39, 0.29) is 16.7 Å². The highest BCUT2D eigenvalue weighted by molar-refractivity contribution is 6.21. The van der Waals surface area contributed by atoms with Crippen molar-refractivity contribution in [3.63, 3.8) is 0 Å². The number of rotatable bonds is 5. The molecule has 8 nitrogen and oxygen atoms in total. The molecule has 3 amide bonds. The van der Waals surface area contributed by atoms with Crippen molar-refractivity contribution in [3.05, 3.63) is 58.7 Å². The molecule has 1 saturated heterocycles. The maximum absolute atomic E-state index is 12.3. The monoisotopic (exact) mass is 421 g/mol. The van der Waals surface area contributed by atoms with Crippen LogP contribution in [-0.2, 0) is 9.53 Å². The first kappa shape index (κ1) is 20.6. The molecule has 2 aliphatic rings. The lowest BCUT2D eigenvalue weighted by atomic mass is 10.1. The molecule has 31 heavy (non-hydrogen) atoms. The maximum atomic E-state index is 12.3. The van der Waals surface area contributed by atoms with Gasteiger partial charge in [-0.15, -0.1) is 0 Å². The number of carbonyl (C=O) groups excluding carboxylic acids is 4. The minimum atomic E-state index is -0.742. The Kier molecular flexibility index (Phi) is 5.46. The fraction of sp³-hybridized carbons (Fsp3) is 0.304. The molecule has 0 unspecified atom stereocenters. The van der Waals surface area contributed by atoms with Crippen molar-refractivity contribution in [1.29, 1.82) is 0 Å². The Balaban J connectivity index is 1.36. The molecule has 0 bridgehead atoms. The fourth-order valence-electron chi connectivity index (χ4n) is 3.85. The summed E-state index contributed by atoms with van der Waals surface area (Å²) in [5.74, 6) is -2.09. The van der Waals surface area contributed by atoms with Crippen LogP contribution in [0.15, 0.2) is 36.4 Å². The smallest absolute Gasteiger partial charge is 0.338 e. The quantitative estimate of drug-likeness (QED) is 0.589. The normalized spacial score (nSPS) is 15.3. The van der Waals surface area contributed by atoms with E-state index in [1.807, 2.05) is 25.1 Å². The Morgan fingerprint density at radius 2 is 1.71 bits per heavy atom. The lowest BCUT2D eigenvalue weighted by Crippen LogP contribution is -2.24. The van der Waals surface area contributed by atoms with Crippen molar-refractivity contribution < 1.29 is 23.9 Å². The van der Waals surface area contributed by atoms with Crippen LogP contribution in [0.1, 0.15) is 49.5 Å². The lowest BCUT2D eigenvalue weighted by molar-refractivity contribution is -0.119. The van der Waals surface area contributed by atoms with Gasteiger partial charge in [0.05, 0.1) is 16.7 Å². The second-order valence-electron chi connectivity index (χ2n) is 7.75. The van der Waals surface area contributed by atoms with Gasteiger partial charge in [-0.05, 0) is 61.7 Å². The van der Waals surface area contributed by atoms with E-state index in [0.717, 1.165) is 29.2 Å². The van der Waals surface area contributed by atoms with Crippen LogP contribution < -0.4 is 10.2 Å². The molecule has 0 saturated carbocycles. The summed E-state index contributed by atoms with van der Waals surface area (Å²) >= 11 is 0. The Bertz CT molecular complexity index is 1090. The molecule has 2 aromatic rings. The zero-order chi connectivity index (χ0) is 22.1. The number of nitrogens with zero attached hydrogens (tertiary/aromatic N) is 2. The summed E-state index contributed by atoms with van der Waals surface area (Å²) in [6, 6.07) is 10.0. The van der Waals surface area contributed by atoms with Crippen molar-refractivity contribution in [2.24, 2.45) is 0 Å². The van der Waals surface area contributed by atoms with Crippen LogP contribution in [0, 0.1) is 6.92 Å². The van der Waals surface area contributed by atoms with Crippen molar-refractivity contribution in [2.75, 3.05) is 37.0 Å². The van der Waals surface area contributed by atoms with Gasteiger partial charge < -0.3 is 15.0 Å². The maximum Gasteiger partial charge on any atom is 0.338 e. The van der Waals surface area contributed by atoms with Gasteiger partial charge >= 0.3 is 5.97 Å². The molecule has 0 radical (unpaired) electrons. The Labute approximate surface area is 179 Å². The highest BCUT2D eigenvalue weighted by Gasteiger charge is 2.33. The van der Waals surface area contributed by atoms with Gasteiger partial charge in [0.1, 0.15) is 0 Å². The third-order valence-electron chi connectivity index (χ3n) is 5.62. The second kappa shape index (κ2) is 8.22. The summed E-state index contributed by atoms with van der Waals surface area (Å²) in [6.07, 6.45) is 2.38. The Morgan fingerprint density at radius 3 is 2.42 bits per heavy atom. The molecule has 0 spiro atoms. The molecule has 0 aliphatic carbocycles. The summed E-state index contributed by atoms with van der Waals surface area (Å²) in [5, 5.41) is 2.76. The topological polar surface area (TPSA) is 96.0 Å². The molecule has 8 heteroatoms. The van der Waals surface area contributed by atoms with E-state index in [1.54, 1.807) is 0 Å². The van der Waals surface area contributed by atoms with Gasteiger partial charge in [0.15, 0.2) is 6.61 Å². The van der Waals surface area contributed by atoms with E-state index in [4.69, 9.17) is 4.74 Å². The molecule has 2 aromatic carbocycles. The van der Waals surface area contributed by atoms with Crippen molar-refractivity contribution in [3.8, 4) is 0 Å². The SMILES string of the molecule is Cc1cc(N2CCCC2)ccc1NC(=O)COC(=O)c1ccc2c(c1)C(=O)N(C)C2=O. The third-order valence-corrected chi connectivity index (χ3v) is 5.62. The number of hydrogen-bond donors (Lipinski definition) is 1. The minimum Gasteiger partial charge on any atom is -0.452 e. The standard InChI is InChI=1S/C23H23N3O5/c1-14-11-16(26-9-3-4-10-26)6-8-19(14)24-20(27)13-31-23(30)15-5-7-17-18(12-15)22(29)25(2)21(17)28/h5-8,11-12H,3-4,9-10,13H2,1-2H3,(H,24,27). The number of hydrogen-bond acceptors (Lipinski definition) is 6. The van der Waals surface area contributed by atoms with E-state index >= 15 is 0 Å². The average Bonchev–Trinajstić information content (AvgIpc) is 3.38. The number of imide groups is 1. The zero-order valence-corrected chi connectivity index (χ0v) is 17.4. The summed E-state index contributed by atoms with van der Waals surface area (Å²) in [5.41, 5.74) is 3.22. The van der Waals surface area contributed by atoms with Gasteiger partial charge in [-0.3, -0.25) is 19.3 Å². The fourth-order valence-corrected chi connectivity index (χ4v) is 3.85. The van der Waals surface area contributed by atoms with Crippen LogP contribution in [0.25, 0.3) is 0 Å². The molecule has 160 valence electrons. The molecule has 2 heterocycles. The number of ether oxygens (including phenoxy) is 1. The van der Waals surface area contributed by atoms with Crippen LogP contribution in [-0.4, -0.2) is 55.3 Å². The second-order valence-corrected chi connectivity index (χ2v) is 7.75. The Hall–Kier alpha value is -3.68. The Morgan fingerprint density at radius 1 is 1.00 bits per heavy atom. The molecule has 2 aliphatic heterocycles. The number of fused-ring (bicyclic) bond motifs is 1. The number of benzene rings is 2. The minimum absolute atomic E-state index is 0.106. The summed E-state index contributed by atoms with van der Waals surface area (Å²) < 4.78 is 5.09. The van der Waals surface area contributed by atoms with Crippen LogP contribution in [0.2, 0.25) is 0 Å². The van der Waals surface area contributed by atoms with E-state index in [9.17, 15) is 19.2 Å². The first-order chi connectivity index (χ1) is 14.8. The molecular formula is C23H23N3O5. The predicted molar refractivity (Wildman–Crippen MR) is 114 cm³/mol. The molecule has 1 fully saturated rings. The van der Waals surface area contributed by atoms with E-state index in [0.29, 0.717) is 5.69 Å². The van der Waals surface area contributed by atoms with Gasteiger partial charge in [-0.1, -0.05) is 0 Å². The van der Waals surface area contributed by atoms with Gasteiger partial charge in [-0.25, -0.2) is 4.79 Å². The van der Waals surface area contributed by atoms with Crippen LogP contribution >= 0.6 is 0 Å². The van der Waals surface area contributed by atoms with Gasteiger partial charge in [-0.2, -0.15) is 0 Å². The van der Waals surface area contributed by atoms with Crippen LogP contribution in [0.3, 0.4) is 0 Å². The largest absolute Gasteiger partial charge is 0.452 e. The summed E-state index contributed by atoms with van der Waals surface area (Å²) in [4.78, 5) is 51.9. The van der Waals surface area contributed by atoms with Gasteiger partial charge in [0.25, 0.3) is 17.7 Å². The zero-order valence-electron chi connectivity index (χ0n) is 17.4. The third kappa shape index (κ3) is 4.01. The van der Waals surface area contributed by atoms with E-state index in [2.05, 4.69) is 10.2 Å². The van der Waals surface area contributed by atoms with Crippen LogP contribution in [0.4, 0.5) is 11.4 Å². The van der Waals surface area contributed by atoms with Crippen LogP contribution in [0.5, 0.6) is 0 Å². The molecule has 4 rings (SSSR count). The summed E-state index contributed by atoms with van der Waals surface area (Å²) in [7, 11) is 1.38. The van der Waals surface area contributed by atoms with Gasteiger partial charge in [0, 0.05) is 31.5 Å². The van der Waals surface area contributed by atoms with Crippen molar-refractivity contribution >= 4 is 35.1 Å². The number of amides is 3. The number of anilines is 2. The van der Waals surface area contributed by atoms with Crippen molar-refractivity contribution in [1.82, 2.24) is 4.90 Å². The first-order valence-corrected chi connectivity index (χ1v) is 10.1. The highest BCUT2D eigenvalue weighted by atomic mass is 16.5. The number of carbonyl (C=O) groups is 4. The van der Waals surface area contributed by atoms with Crippen molar-refractivity contribution in [2.45, 2.75) is 19.8 Å². The van der Waals surface area contributed by atoms with E-state index in [1.165, 1.54) is 38.1 Å².